The molecule has 23 heavy (non-hydrogen) atoms. The lowest BCUT2D eigenvalue weighted by Crippen LogP contribution is -2.37. The molecule has 3 heterocycles. The van der Waals surface area contributed by atoms with E-state index in [2.05, 4.69) is 20.8 Å². The van der Waals surface area contributed by atoms with Crippen molar-refractivity contribution in [3.63, 3.8) is 0 Å². The average molecular weight is 339 g/mol. The van der Waals surface area contributed by atoms with Gasteiger partial charge in [0, 0.05) is 18.3 Å². The van der Waals surface area contributed by atoms with Crippen molar-refractivity contribution in [1.29, 1.82) is 0 Å². The number of amides is 1. The van der Waals surface area contributed by atoms with Crippen LogP contribution in [0.2, 0.25) is 0 Å². The third-order valence-corrected chi connectivity index (χ3v) is 4.06. The van der Waals surface area contributed by atoms with Crippen LogP contribution >= 0.6 is 12.4 Å². The van der Waals surface area contributed by atoms with Crippen LogP contribution in [-0.4, -0.2) is 35.2 Å². The lowest BCUT2D eigenvalue weighted by Gasteiger charge is -2.12. The summed E-state index contributed by atoms with van der Waals surface area (Å²) in [6.07, 6.45) is 2.28. The first-order chi connectivity index (χ1) is 10.6. The molecule has 6 nitrogen and oxygen atoms in total. The molecule has 1 fully saturated rings. The molecule has 7 heteroatoms. The summed E-state index contributed by atoms with van der Waals surface area (Å²) in [5.74, 6) is 0.0862. The van der Waals surface area contributed by atoms with E-state index >= 15 is 0 Å². The van der Waals surface area contributed by atoms with E-state index < -0.39 is 0 Å². The molecular weight excluding hydrogens is 316 g/mol. The van der Waals surface area contributed by atoms with Crippen LogP contribution in [0.3, 0.4) is 0 Å². The van der Waals surface area contributed by atoms with E-state index in [1.807, 2.05) is 26.8 Å². The number of nitrogens with zero attached hydrogens (tertiary/aromatic N) is 2. The molecule has 0 aromatic carbocycles. The SMILES string of the molecule is Cc1cc(C(=O)NCC2CCCN2)c2c(C(C)C)noc2n1.Cl. The highest BCUT2D eigenvalue weighted by Crippen LogP contribution is 2.27. The number of hydrogen-bond acceptors (Lipinski definition) is 5. The number of rotatable bonds is 4. The number of fused-ring (bicyclic) bond motifs is 1. The summed E-state index contributed by atoms with van der Waals surface area (Å²) in [6.45, 7) is 7.58. The van der Waals surface area contributed by atoms with Gasteiger partial charge in [0.15, 0.2) is 0 Å². The number of pyridine rings is 1. The molecule has 1 atom stereocenters. The van der Waals surface area contributed by atoms with E-state index in [1.165, 1.54) is 6.42 Å². The maximum Gasteiger partial charge on any atom is 0.259 e. The number of aromatic nitrogens is 2. The van der Waals surface area contributed by atoms with Gasteiger partial charge in [-0.1, -0.05) is 19.0 Å². The third kappa shape index (κ3) is 3.64. The first kappa shape index (κ1) is 17.7. The van der Waals surface area contributed by atoms with Gasteiger partial charge < -0.3 is 15.2 Å². The molecule has 3 rings (SSSR count). The van der Waals surface area contributed by atoms with Crippen LogP contribution in [0.1, 0.15) is 54.4 Å². The molecule has 1 saturated heterocycles. The van der Waals surface area contributed by atoms with E-state index in [9.17, 15) is 4.79 Å². The molecule has 2 aromatic rings. The minimum atomic E-state index is -0.0886. The Bertz CT molecular complexity index is 693. The maximum absolute atomic E-state index is 12.6. The summed E-state index contributed by atoms with van der Waals surface area (Å²) < 4.78 is 5.31. The number of carbonyl (C=O) groups is 1. The van der Waals surface area contributed by atoms with E-state index in [0.717, 1.165) is 29.7 Å². The van der Waals surface area contributed by atoms with Gasteiger partial charge >= 0.3 is 0 Å². The van der Waals surface area contributed by atoms with Gasteiger partial charge in [-0.3, -0.25) is 4.79 Å². The smallest absolute Gasteiger partial charge is 0.259 e. The Labute approximate surface area is 141 Å². The molecule has 0 spiro atoms. The Kier molecular flexibility index (Phi) is 5.59. The second-order valence-corrected chi connectivity index (χ2v) is 6.22. The standard InChI is InChI=1S/C16H22N4O2.ClH/c1-9(2)14-13-12(7-10(3)19-16(13)22-20-14)15(21)18-8-11-5-4-6-17-11;/h7,9,11,17H,4-6,8H2,1-3H3,(H,18,21);1H. The van der Waals surface area contributed by atoms with Crippen molar-refractivity contribution in [2.45, 2.75) is 45.6 Å². The monoisotopic (exact) mass is 338 g/mol. The maximum atomic E-state index is 12.6. The Balaban J connectivity index is 0.00000192. The van der Waals surface area contributed by atoms with Gasteiger partial charge in [0.1, 0.15) is 0 Å². The van der Waals surface area contributed by atoms with Gasteiger partial charge in [-0.25, -0.2) is 4.98 Å². The molecule has 1 aliphatic heterocycles. The summed E-state index contributed by atoms with van der Waals surface area (Å²) in [6, 6.07) is 2.18. The first-order valence-electron chi connectivity index (χ1n) is 7.84. The van der Waals surface area contributed by atoms with E-state index in [4.69, 9.17) is 4.52 Å². The fourth-order valence-corrected chi connectivity index (χ4v) is 2.91. The Hall–Kier alpha value is -1.66. The van der Waals surface area contributed by atoms with Crippen LogP contribution in [0.15, 0.2) is 10.6 Å². The van der Waals surface area contributed by atoms with Gasteiger partial charge in [0.2, 0.25) is 0 Å². The van der Waals surface area contributed by atoms with E-state index in [1.54, 1.807) is 0 Å². The van der Waals surface area contributed by atoms with Crippen molar-refractivity contribution in [2.75, 3.05) is 13.1 Å². The second-order valence-electron chi connectivity index (χ2n) is 6.22. The fourth-order valence-electron chi connectivity index (χ4n) is 2.91. The molecule has 0 radical (unpaired) electrons. The Morgan fingerprint density at radius 3 is 2.96 bits per heavy atom. The Morgan fingerprint density at radius 2 is 2.30 bits per heavy atom. The van der Waals surface area contributed by atoms with Gasteiger partial charge in [-0.2, -0.15) is 0 Å². The van der Waals surface area contributed by atoms with Crippen LogP contribution < -0.4 is 10.6 Å². The molecule has 0 aliphatic carbocycles. The van der Waals surface area contributed by atoms with Gasteiger partial charge in [-0.15, -0.1) is 12.4 Å². The number of hydrogen-bond donors (Lipinski definition) is 2. The number of carbonyl (C=O) groups excluding carboxylic acids is 1. The largest absolute Gasteiger partial charge is 0.350 e. The summed E-state index contributed by atoms with van der Waals surface area (Å²) >= 11 is 0. The minimum absolute atomic E-state index is 0. The predicted molar refractivity (Wildman–Crippen MR) is 91.2 cm³/mol. The van der Waals surface area contributed by atoms with Crippen LogP contribution in [0, 0.1) is 6.92 Å². The van der Waals surface area contributed by atoms with E-state index in [0.29, 0.717) is 23.9 Å². The van der Waals surface area contributed by atoms with Crippen molar-refractivity contribution in [2.24, 2.45) is 0 Å². The molecular formula is C16H23ClN4O2. The molecule has 0 bridgehead atoms. The fraction of sp³-hybridized carbons (Fsp3) is 0.562. The topological polar surface area (TPSA) is 80.0 Å². The van der Waals surface area contributed by atoms with Gasteiger partial charge in [-0.05, 0) is 38.3 Å². The molecule has 1 unspecified atom stereocenters. The molecule has 1 aliphatic rings. The normalized spacial score (nSPS) is 17.5. The van der Waals surface area contributed by atoms with Crippen molar-refractivity contribution in [3.05, 3.63) is 23.0 Å². The van der Waals surface area contributed by atoms with Crippen LogP contribution in [-0.2, 0) is 0 Å². The zero-order chi connectivity index (χ0) is 15.7. The highest BCUT2D eigenvalue weighted by molar-refractivity contribution is 6.06. The van der Waals surface area contributed by atoms with Crippen LogP contribution in [0.25, 0.3) is 11.1 Å². The van der Waals surface area contributed by atoms with Gasteiger partial charge in [0.05, 0.1) is 16.6 Å². The third-order valence-electron chi connectivity index (χ3n) is 4.06. The quantitative estimate of drug-likeness (QED) is 0.895. The van der Waals surface area contributed by atoms with Crippen LogP contribution in [0.4, 0.5) is 0 Å². The lowest BCUT2D eigenvalue weighted by molar-refractivity contribution is 0.0951. The zero-order valence-corrected chi connectivity index (χ0v) is 14.5. The van der Waals surface area contributed by atoms with Crippen molar-refractivity contribution in [1.82, 2.24) is 20.8 Å². The zero-order valence-electron chi connectivity index (χ0n) is 13.7. The predicted octanol–water partition coefficient (Wildman–Crippen LogP) is 2.56. The highest BCUT2D eigenvalue weighted by Gasteiger charge is 2.22. The summed E-state index contributed by atoms with van der Waals surface area (Å²) in [4.78, 5) is 16.9. The van der Waals surface area contributed by atoms with Gasteiger partial charge in [0.25, 0.3) is 11.6 Å². The van der Waals surface area contributed by atoms with Crippen molar-refractivity contribution >= 4 is 29.4 Å². The number of aryl methyl sites for hydroxylation is 1. The number of nitrogens with one attached hydrogen (secondary N) is 2. The molecule has 2 aromatic heterocycles. The lowest BCUT2D eigenvalue weighted by atomic mass is 10.0. The highest BCUT2D eigenvalue weighted by atomic mass is 35.5. The molecule has 1 amide bonds. The second kappa shape index (κ2) is 7.27. The first-order valence-corrected chi connectivity index (χ1v) is 7.84. The molecule has 126 valence electrons. The molecule has 2 N–H and O–H groups in total. The van der Waals surface area contributed by atoms with Crippen LogP contribution in [0.5, 0.6) is 0 Å². The summed E-state index contributed by atoms with van der Waals surface area (Å²) in [5.41, 5.74) is 2.58. The summed E-state index contributed by atoms with van der Waals surface area (Å²) in [7, 11) is 0. The van der Waals surface area contributed by atoms with Crippen molar-refractivity contribution < 1.29 is 9.32 Å². The van der Waals surface area contributed by atoms with E-state index in [-0.39, 0.29) is 24.2 Å². The number of halogens is 1. The average Bonchev–Trinajstić information content (AvgIpc) is 3.12. The minimum Gasteiger partial charge on any atom is -0.350 e. The summed E-state index contributed by atoms with van der Waals surface area (Å²) in [5, 5.41) is 11.2. The Morgan fingerprint density at radius 1 is 1.52 bits per heavy atom. The molecule has 0 saturated carbocycles. The van der Waals surface area contributed by atoms with Crippen molar-refractivity contribution in [3.8, 4) is 0 Å².